The highest BCUT2D eigenvalue weighted by Crippen LogP contribution is 2.13. The molecule has 0 aliphatic carbocycles. The predicted molar refractivity (Wildman–Crippen MR) is 76.1 cm³/mol. The molecule has 84 valence electrons. The minimum atomic E-state index is 1.01. The first kappa shape index (κ1) is 11.8. The van der Waals surface area contributed by atoms with Crippen molar-refractivity contribution in [2.24, 2.45) is 0 Å². The fourth-order valence-corrected chi connectivity index (χ4v) is 2.15. The standard InChI is InChI=1S/C16H14S/c1-17-13-16-10-6-5-9-15(16)12-11-14-7-3-2-4-8-14/h2-10H,13H2,1H3. The van der Waals surface area contributed by atoms with Crippen LogP contribution in [0, 0.1) is 11.8 Å². The predicted octanol–water partition coefficient (Wildman–Crippen LogP) is 3.95. The molecule has 0 unspecified atom stereocenters. The minimum absolute atomic E-state index is 1.01. The van der Waals surface area contributed by atoms with Gasteiger partial charge in [-0.2, -0.15) is 11.8 Å². The summed E-state index contributed by atoms with van der Waals surface area (Å²) in [5.74, 6) is 7.47. The number of benzene rings is 2. The molecule has 17 heavy (non-hydrogen) atoms. The molecule has 0 bridgehead atoms. The maximum Gasteiger partial charge on any atom is 0.0289 e. The Bertz CT molecular complexity index is 532. The quantitative estimate of drug-likeness (QED) is 0.714. The number of hydrogen-bond donors (Lipinski definition) is 0. The average molecular weight is 238 g/mol. The molecule has 0 heterocycles. The van der Waals surface area contributed by atoms with Crippen molar-refractivity contribution in [2.45, 2.75) is 5.75 Å². The summed E-state index contributed by atoms with van der Waals surface area (Å²) in [5.41, 5.74) is 3.50. The van der Waals surface area contributed by atoms with E-state index >= 15 is 0 Å². The average Bonchev–Trinajstić information content (AvgIpc) is 2.39. The van der Waals surface area contributed by atoms with Gasteiger partial charge in [-0.1, -0.05) is 48.2 Å². The second-order valence-corrected chi connectivity index (χ2v) is 4.57. The molecule has 0 aliphatic heterocycles. The zero-order chi connectivity index (χ0) is 11.9. The van der Waals surface area contributed by atoms with Crippen LogP contribution in [0.1, 0.15) is 16.7 Å². The molecule has 0 saturated heterocycles. The van der Waals surface area contributed by atoms with Crippen LogP contribution in [0.5, 0.6) is 0 Å². The third-order valence-electron chi connectivity index (χ3n) is 2.43. The zero-order valence-corrected chi connectivity index (χ0v) is 10.6. The molecule has 0 fully saturated rings. The Balaban J connectivity index is 2.27. The van der Waals surface area contributed by atoms with Crippen molar-refractivity contribution in [3.8, 4) is 11.8 Å². The molecular formula is C16H14S. The van der Waals surface area contributed by atoms with Gasteiger partial charge in [0.2, 0.25) is 0 Å². The Hall–Kier alpha value is -1.65. The fourth-order valence-electron chi connectivity index (χ4n) is 1.58. The molecular weight excluding hydrogens is 224 g/mol. The van der Waals surface area contributed by atoms with E-state index in [4.69, 9.17) is 0 Å². The van der Waals surface area contributed by atoms with E-state index in [2.05, 4.69) is 36.3 Å². The lowest BCUT2D eigenvalue weighted by Crippen LogP contribution is -1.86. The van der Waals surface area contributed by atoms with Gasteiger partial charge in [0.15, 0.2) is 0 Å². The Morgan fingerprint density at radius 3 is 2.35 bits per heavy atom. The first-order valence-corrected chi connectivity index (χ1v) is 6.93. The summed E-state index contributed by atoms with van der Waals surface area (Å²) in [6, 6.07) is 18.4. The van der Waals surface area contributed by atoms with Gasteiger partial charge >= 0.3 is 0 Å². The van der Waals surface area contributed by atoms with Gasteiger partial charge in [0.1, 0.15) is 0 Å². The van der Waals surface area contributed by atoms with Crippen LogP contribution in [0.2, 0.25) is 0 Å². The van der Waals surface area contributed by atoms with E-state index in [0.29, 0.717) is 0 Å². The Kier molecular flexibility index (Phi) is 4.30. The molecule has 0 radical (unpaired) electrons. The van der Waals surface area contributed by atoms with E-state index in [1.807, 2.05) is 48.2 Å². The summed E-state index contributed by atoms with van der Waals surface area (Å²) in [7, 11) is 0. The molecule has 0 aliphatic rings. The largest absolute Gasteiger partial charge is 0.161 e. The molecule has 0 nitrogen and oxygen atoms in total. The summed E-state index contributed by atoms with van der Waals surface area (Å²) < 4.78 is 0. The third-order valence-corrected chi connectivity index (χ3v) is 3.03. The van der Waals surface area contributed by atoms with Crippen molar-refractivity contribution in [2.75, 3.05) is 6.26 Å². The van der Waals surface area contributed by atoms with E-state index in [1.54, 1.807) is 0 Å². The van der Waals surface area contributed by atoms with Crippen molar-refractivity contribution in [3.05, 3.63) is 71.3 Å². The van der Waals surface area contributed by atoms with Gasteiger partial charge in [-0.3, -0.25) is 0 Å². The highest BCUT2D eigenvalue weighted by atomic mass is 32.2. The van der Waals surface area contributed by atoms with Crippen LogP contribution >= 0.6 is 11.8 Å². The van der Waals surface area contributed by atoms with E-state index in [-0.39, 0.29) is 0 Å². The second-order valence-electron chi connectivity index (χ2n) is 3.71. The number of thioether (sulfide) groups is 1. The molecule has 1 heteroatoms. The monoisotopic (exact) mass is 238 g/mol. The van der Waals surface area contributed by atoms with Gasteiger partial charge in [-0.05, 0) is 30.0 Å². The molecule has 0 aromatic heterocycles. The van der Waals surface area contributed by atoms with Crippen LogP contribution in [0.3, 0.4) is 0 Å². The minimum Gasteiger partial charge on any atom is -0.161 e. The zero-order valence-electron chi connectivity index (χ0n) is 9.81. The fraction of sp³-hybridized carbons (Fsp3) is 0.125. The first-order valence-electron chi connectivity index (χ1n) is 5.54. The maximum absolute atomic E-state index is 3.25. The molecule has 0 amide bonds. The van der Waals surface area contributed by atoms with E-state index in [0.717, 1.165) is 16.9 Å². The van der Waals surface area contributed by atoms with Gasteiger partial charge < -0.3 is 0 Å². The lowest BCUT2D eigenvalue weighted by Gasteiger charge is -2.01. The highest BCUT2D eigenvalue weighted by Gasteiger charge is 1.96. The van der Waals surface area contributed by atoms with E-state index < -0.39 is 0 Å². The van der Waals surface area contributed by atoms with Crippen LogP contribution in [-0.2, 0) is 5.75 Å². The number of hydrogen-bond acceptors (Lipinski definition) is 1. The molecule has 0 N–H and O–H groups in total. The molecule has 0 saturated carbocycles. The summed E-state index contributed by atoms with van der Waals surface area (Å²) in [5, 5.41) is 0. The van der Waals surface area contributed by atoms with Crippen LogP contribution in [0.15, 0.2) is 54.6 Å². The SMILES string of the molecule is CSCc1ccccc1C#Cc1ccccc1. The van der Waals surface area contributed by atoms with Crippen LogP contribution < -0.4 is 0 Å². The van der Waals surface area contributed by atoms with Crippen molar-refractivity contribution in [3.63, 3.8) is 0 Å². The Morgan fingerprint density at radius 2 is 1.59 bits per heavy atom. The van der Waals surface area contributed by atoms with Gasteiger partial charge in [-0.15, -0.1) is 0 Å². The van der Waals surface area contributed by atoms with Gasteiger partial charge in [0.25, 0.3) is 0 Å². The van der Waals surface area contributed by atoms with Crippen LogP contribution in [0.25, 0.3) is 0 Å². The summed E-state index contributed by atoms with van der Waals surface area (Å²) in [4.78, 5) is 0. The highest BCUT2D eigenvalue weighted by molar-refractivity contribution is 7.97. The summed E-state index contributed by atoms with van der Waals surface area (Å²) in [6.07, 6.45) is 2.11. The lowest BCUT2D eigenvalue weighted by molar-refractivity contribution is 1.39. The molecule has 2 rings (SSSR count). The van der Waals surface area contributed by atoms with Crippen molar-refractivity contribution in [1.82, 2.24) is 0 Å². The van der Waals surface area contributed by atoms with Gasteiger partial charge in [-0.25, -0.2) is 0 Å². The van der Waals surface area contributed by atoms with Crippen molar-refractivity contribution < 1.29 is 0 Å². The van der Waals surface area contributed by atoms with E-state index in [1.165, 1.54) is 5.56 Å². The van der Waals surface area contributed by atoms with Gasteiger partial charge in [0.05, 0.1) is 0 Å². The van der Waals surface area contributed by atoms with Gasteiger partial charge in [0, 0.05) is 16.9 Å². The van der Waals surface area contributed by atoms with E-state index in [9.17, 15) is 0 Å². The molecule has 0 atom stereocenters. The van der Waals surface area contributed by atoms with Crippen molar-refractivity contribution in [1.29, 1.82) is 0 Å². The Labute approximate surface area is 107 Å². The smallest absolute Gasteiger partial charge is 0.0289 e. The third kappa shape index (κ3) is 3.41. The van der Waals surface area contributed by atoms with Crippen LogP contribution in [-0.4, -0.2) is 6.26 Å². The normalized spacial score (nSPS) is 9.47. The maximum atomic E-state index is 3.25. The summed E-state index contributed by atoms with van der Waals surface area (Å²) in [6.45, 7) is 0. The van der Waals surface area contributed by atoms with Crippen LogP contribution in [0.4, 0.5) is 0 Å². The Morgan fingerprint density at radius 1 is 0.882 bits per heavy atom. The first-order chi connectivity index (χ1) is 8.40. The van der Waals surface area contributed by atoms with Crippen molar-refractivity contribution >= 4 is 11.8 Å². The number of rotatable bonds is 2. The molecule has 2 aromatic rings. The lowest BCUT2D eigenvalue weighted by atomic mass is 10.1. The summed E-state index contributed by atoms with van der Waals surface area (Å²) >= 11 is 1.82. The topological polar surface area (TPSA) is 0 Å². The molecule has 0 spiro atoms. The second kappa shape index (κ2) is 6.18. The molecule has 2 aromatic carbocycles.